The second-order valence-electron chi connectivity index (χ2n) is 4.06. The van der Waals surface area contributed by atoms with Gasteiger partial charge in [-0.2, -0.15) is 0 Å². The molecule has 0 aliphatic heterocycles. The number of carboxylic acids is 1. The van der Waals surface area contributed by atoms with E-state index in [1.807, 2.05) is 0 Å². The molecule has 0 atom stereocenters. The molecule has 7 heteroatoms. The van der Waals surface area contributed by atoms with Crippen molar-refractivity contribution in [3.63, 3.8) is 0 Å². The predicted molar refractivity (Wildman–Crippen MR) is 83.2 cm³/mol. The Bertz CT molecular complexity index is 734. The first-order valence-electron chi connectivity index (χ1n) is 5.68. The van der Waals surface area contributed by atoms with Gasteiger partial charge in [0, 0.05) is 4.47 Å². The van der Waals surface area contributed by atoms with Crippen molar-refractivity contribution < 1.29 is 19.1 Å². The van der Waals surface area contributed by atoms with Crippen LogP contribution >= 0.6 is 31.9 Å². The Hall–Kier alpha value is -1.73. The van der Waals surface area contributed by atoms with E-state index in [0.29, 0.717) is 4.47 Å². The zero-order valence-electron chi connectivity index (χ0n) is 10.4. The third-order valence-electron chi connectivity index (χ3n) is 2.66. The molecule has 0 saturated carbocycles. The number of halogens is 3. The highest BCUT2D eigenvalue weighted by atomic mass is 79.9. The standard InChI is InChI=1S/C14H8Br2FNO3/c15-9-5-4-7(14(20)21)6-11(9)18-13(19)8-2-1-3-10(17)12(8)16/h1-6H,(H,18,19)(H,20,21). The second kappa shape index (κ2) is 6.36. The van der Waals surface area contributed by atoms with Gasteiger partial charge in [-0.1, -0.05) is 6.07 Å². The van der Waals surface area contributed by atoms with Crippen molar-refractivity contribution >= 4 is 49.4 Å². The summed E-state index contributed by atoms with van der Waals surface area (Å²) in [6, 6.07) is 8.33. The summed E-state index contributed by atoms with van der Waals surface area (Å²) in [6.07, 6.45) is 0. The number of hydrogen-bond donors (Lipinski definition) is 2. The molecule has 0 spiro atoms. The molecule has 108 valence electrons. The normalized spacial score (nSPS) is 10.2. The summed E-state index contributed by atoms with van der Waals surface area (Å²) in [4.78, 5) is 23.1. The summed E-state index contributed by atoms with van der Waals surface area (Å²) < 4.78 is 14.0. The van der Waals surface area contributed by atoms with Crippen molar-refractivity contribution in [2.75, 3.05) is 5.32 Å². The minimum absolute atomic E-state index is 0.0341. The third kappa shape index (κ3) is 3.48. The molecule has 0 fully saturated rings. The van der Waals surface area contributed by atoms with E-state index < -0.39 is 17.7 Å². The number of amides is 1. The van der Waals surface area contributed by atoms with E-state index in [0.717, 1.165) is 0 Å². The monoisotopic (exact) mass is 415 g/mol. The Balaban J connectivity index is 2.33. The number of carbonyl (C=O) groups is 2. The molecule has 0 saturated heterocycles. The van der Waals surface area contributed by atoms with E-state index in [1.54, 1.807) is 0 Å². The van der Waals surface area contributed by atoms with Crippen molar-refractivity contribution in [2.24, 2.45) is 0 Å². The smallest absolute Gasteiger partial charge is 0.335 e. The number of aromatic carboxylic acids is 1. The van der Waals surface area contributed by atoms with Crippen LogP contribution in [0.25, 0.3) is 0 Å². The van der Waals surface area contributed by atoms with Gasteiger partial charge in [0.15, 0.2) is 0 Å². The molecule has 0 radical (unpaired) electrons. The van der Waals surface area contributed by atoms with Gasteiger partial charge in [-0.3, -0.25) is 4.79 Å². The fourth-order valence-electron chi connectivity index (χ4n) is 1.62. The second-order valence-corrected chi connectivity index (χ2v) is 5.70. The highest BCUT2D eigenvalue weighted by Gasteiger charge is 2.15. The lowest BCUT2D eigenvalue weighted by Gasteiger charge is -2.10. The number of rotatable bonds is 3. The Morgan fingerprint density at radius 2 is 1.86 bits per heavy atom. The van der Waals surface area contributed by atoms with E-state index in [2.05, 4.69) is 37.2 Å². The van der Waals surface area contributed by atoms with Gasteiger partial charge in [-0.05, 0) is 62.2 Å². The Morgan fingerprint density at radius 1 is 1.14 bits per heavy atom. The lowest BCUT2D eigenvalue weighted by molar-refractivity contribution is 0.0696. The van der Waals surface area contributed by atoms with Crippen LogP contribution in [0.15, 0.2) is 45.3 Å². The van der Waals surface area contributed by atoms with Crippen molar-refractivity contribution in [1.29, 1.82) is 0 Å². The lowest BCUT2D eigenvalue weighted by atomic mass is 10.1. The van der Waals surface area contributed by atoms with E-state index in [-0.39, 0.29) is 21.3 Å². The molecule has 2 N–H and O–H groups in total. The summed E-state index contributed by atoms with van der Waals surface area (Å²) in [7, 11) is 0. The minimum Gasteiger partial charge on any atom is -0.478 e. The summed E-state index contributed by atoms with van der Waals surface area (Å²) in [6.45, 7) is 0. The maximum Gasteiger partial charge on any atom is 0.335 e. The zero-order chi connectivity index (χ0) is 15.6. The van der Waals surface area contributed by atoms with Crippen LogP contribution < -0.4 is 5.32 Å². The number of hydrogen-bond acceptors (Lipinski definition) is 2. The number of anilines is 1. The van der Waals surface area contributed by atoms with Crippen molar-refractivity contribution in [3.8, 4) is 0 Å². The van der Waals surface area contributed by atoms with Crippen LogP contribution in [-0.2, 0) is 0 Å². The molecule has 4 nitrogen and oxygen atoms in total. The molecular weight excluding hydrogens is 409 g/mol. The summed E-state index contributed by atoms with van der Waals surface area (Å²) in [5.74, 6) is -2.21. The van der Waals surface area contributed by atoms with Crippen molar-refractivity contribution in [2.45, 2.75) is 0 Å². The van der Waals surface area contributed by atoms with Crippen molar-refractivity contribution in [1.82, 2.24) is 0 Å². The van der Waals surface area contributed by atoms with Gasteiger partial charge in [-0.25, -0.2) is 9.18 Å². The van der Waals surface area contributed by atoms with Crippen LogP contribution in [0.2, 0.25) is 0 Å². The third-order valence-corrected chi connectivity index (χ3v) is 4.16. The molecule has 1 amide bonds. The van der Waals surface area contributed by atoms with E-state index in [9.17, 15) is 14.0 Å². The van der Waals surface area contributed by atoms with Crippen LogP contribution in [0.1, 0.15) is 20.7 Å². The highest BCUT2D eigenvalue weighted by molar-refractivity contribution is 9.11. The zero-order valence-corrected chi connectivity index (χ0v) is 13.5. The first-order valence-corrected chi connectivity index (χ1v) is 7.27. The SMILES string of the molecule is O=C(O)c1ccc(Br)c(NC(=O)c2cccc(F)c2Br)c1. The Kier molecular flexibility index (Phi) is 4.74. The number of benzene rings is 2. The number of carboxylic acid groups (broad SMARTS) is 1. The van der Waals surface area contributed by atoms with Gasteiger partial charge in [0.25, 0.3) is 5.91 Å². The average molecular weight is 417 g/mol. The van der Waals surface area contributed by atoms with Gasteiger partial charge in [0.2, 0.25) is 0 Å². The molecule has 2 rings (SSSR count). The maximum atomic E-state index is 13.4. The molecule has 2 aromatic carbocycles. The highest BCUT2D eigenvalue weighted by Crippen LogP contribution is 2.26. The van der Waals surface area contributed by atoms with Gasteiger partial charge < -0.3 is 10.4 Å². The molecule has 0 unspecified atom stereocenters. The summed E-state index contributed by atoms with van der Waals surface area (Å²) in [5, 5.41) is 11.5. The van der Waals surface area contributed by atoms with Crippen LogP contribution in [0.4, 0.5) is 10.1 Å². The summed E-state index contributed by atoms with van der Waals surface area (Å²) in [5.41, 5.74) is 0.436. The minimum atomic E-state index is -1.11. The Labute approximate surface area is 136 Å². The molecular formula is C14H8Br2FNO3. The molecule has 0 bridgehead atoms. The summed E-state index contributed by atoms with van der Waals surface area (Å²) >= 11 is 6.23. The van der Waals surface area contributed by atoms with Crippen LogP contribution in [0, 0.1) is 5.82 Å². The van der Waals surface area contributed by atoms with E-state index in [4.69, 9.17) is 5.11 Å². The predicted octanol–water partition coefficient (Wildman–Crippen LogP) is 4.30. The van der Waals surface area contributed by atoms with Crippen LogP contribution in [0.3, 0.4) is 0 Å². The van der Waals surface area contributed by atoms with E-state index in [1.165, 1.54) is 36.4 Å². The van der Waals surface area contributed by atoms with Crippen LogP contribution in [-0.4, -0.2) is 17.0 Å². The largest absolute Gasteiger partial charge is 0.478 e. The Morgan fingerprint density at radius 3 is 2.52 bits per heavy atom. The van der Waals surface area contributed by atoms with Gasteiger partial charge >= 0.3 is 5.97 Å². The topological polar surface area (TPSA) is 66.4 Å². The molecule has 21 heavy (non-hydrogen) atoms. The molecule has 2 aromatic rings. The maximum absolute atomic E-state index is 13.4. The lowest BCUT2D eigenvalue weighted by Crippen LogP contribution is -2.14. The van der Waals surface area contributed by atoms with Gasteiger partial charge in [0.1, 0.15) is 5.82 Å². The van der Waals surface area contributed by atoms with Crippen LogP contribution in [0.5, 0.6) is 0 Å². The molecule has 0 aliphatic carbocycles. The number of nitrogens with one attached hydrogen (secondary N) is 1. The van der Waals surface area contributed by atoms with Crippen molar-refractivity contribution in [3.05, 3.63) is 62.3 Å². The quantitative estimate of drug-likeness (QED) is 0.783. The first-order chi connectivity index (χ1) is 9.90. The van der Waals surface area contributed by atoms with Gasteiger partial charge in [0.05, 0.1) is 21.3 Å². The molecule has 0 heterocycles. The van der Waals surface area contributed by atoms with Gasteiger partial charge in [-0.15, -0.1) is 0 Å². The first kappa shape index (κ1) is 15.7. The fraction of sp³-hybridized carbons (Fsp3) is 0. The van der Waals surface area contributed by atoms with E-state index >= 15 is 0 Å². The fourth-order valence-corrected chi connectivity index (χ4v) is 2.41. The molecule has 0 aliphatic rings. The molecule has 0 aromatic heterocycles. The average Bonchev–Trinajstić information content (AvgIpc) is 2.43. The number of carbonyl (C=O) groups excluding carboxylic acids is 1.